The maximum atomic E-state index is 13.8. The lowest BCUT2D eigenvalue weighted by atomic mass is 9.91. The lowest BCUT2D eigenvalue weighted by Crippen LogP contribution is -2.66. The van der Waals surface area contributed by atoms with Crippen LogP contribution in [-0.4, -0.2) is 92.0 Å². The molecule has 3 rings (SSSR count). The molecule has 1 aromatic carbocycles. The van der Waals surface area contributed by atoms with Crippen LogP contribution in [0.3, 0.4) is 0 Å². The second kappa shape index (κ2) is 12.5. The second-order valence-electron chi connectivity index (χ2n) is 9.58. The summed E-state index contributed by atoms with van der Waals surface area (Å²) in [6.45, 7) is 3.93. The number of aliphatic hydroxyl groups is 1. The quantitative estimate of drug-likeness (QED) is 0.331. The third-order valence-electron chi connectivity index (χ3n) is 6.59. The van der Waals surface area contributed by atoms with Gasteiger partial charge in [0.2, 0.25) is 0 Å². The maximum Gasteiger partial charge on any atom is 0.432 e. The summed E-state index contributed by atoms with van der Waals surface area (Å²) in [5, 5.41) is 10.4. The van der Waals surface area contributed by atoms with E-state index >= 15 is 0 Å². The van der Waals surface area contributed by atoms with Crippen molar-refractivity contribution in [2.45, 2.75) is 76.5 Å². The summed E-state index contributed by atoms with van der Waals surface area (Å²) in [5.74, 6) is -5.10. The van der Waals surface area contributed by atoms with Gasteiger partial charge >= 0.3 is 36.0 Å². The number of fused-ring (bicyclic) bond motifs is 1. The van der Waals surface area contributed by atoms with E-state index in [1.54, 1.807) is 0 Å². The second-order valence-corrected chi connectivity index (χ2v) is 9.58. The maximum absolute atomic E-state index is 13.8. The number of ether oxygens (including phenoxy) is 6. The van der Waals surface area contributed by atoms with Gasteiger partial charge in [-0.3, -0.25) is 19.2 Å². The number of hydrogen-bond acceptors (Lipinski definition) is 13. The molecule has 0 radical (unpaired) electrons. The topological polar surface area (TPSA) is 164 Å². The van der Waals surface area contributed by atoms with Crippen molar-refractivity contribution < 1.29 is 70.7 Å². The Hall–Kier alpha value is -3.92. The molecular weight excluding hydrogens is 575 g/mol. The smallest absolute Gasteiger partial charge is 0.432 e. The van der Waals surface area contributed by atoms with E-state index in [1.165, 1.54) is 11.0 Å². The first-order valence-electron chi connectivity index (χ1n) is 12.6. The average molecular weight is 606 g/mol. The summed E-state index contributed by atoms with van der Waals surface area (Å²) in [6, 6.07) is 3.07. The van der Waals surface area contributed by atoms with Crippen molar-refractivity contribution in [3.63, 3.8) is 0 Å². The number of halogens is 3. The fourth-order valence-corrected chi connectivity index (χ4v) is 4.92. The molecule has 13 nitrogen and oxygen atoms in total. The summed E-state index contributed by atoms with van der Waals surface area (Å²) in [5.41, 5.74) is -4.21. The Morgan fingerprint density at radius 3 is 2.02 bits per heavy atom. The van der Waals surface area contributed by atoms with Crippen molar-refractivity contribution in [1.29, 1.82) is 0 Å². The molecule has 1 aromatic rings. The third kappa shape index (κ3) is 6.59. The first kappa shape index (κ1) is 32.6. The Morgan fingerprint density at radius 2 is 1.50 bits per heavy atom. The molecule has 42 heavy (non-hydrogen) atoms. The minimum Gasteiger partial charge on any atom is -0.466 e. The van der Waals surface area contributed by atoms with Gasteiger partial charge in [-0.05, 0) is 24.1 Å². The number of carbonyl (C=O) groups excluding carboxylic acids is 5. The van der Waals surface area contributed by atoms with E-state index in [4.69, 9.17) is 23.7 Å². The molecule has 2 aliphatic rings. The van der Waals surface area contributed by atoms with Crippen LogP contribution in [0.15, 0.2) is 18.2 Å². The molecule has 0 amide bonds. The Morgan fingerprint density at radius 1 is 0.929 bits per heavy atom. The minimum atomic E-state index is -5.41. The molecular formula is C26H30F3NO12. The zero-order valence-electron chi connectivity index (χ0n) is 23.3. The van der Waals surface area contributed by atoms with Gasteiger partial charge in [0.1, 0.15) is 12.7 Å². The van der Waals surface area contributed by atoms with E-state index in [-0.39, 0.29) is 24.2 Å². The summed E-state index contributed by atoms with van der Waals surface area (Å²) in [7, 11) is 0.707. The number of hydrogen-bond donors (Lipinski definition) is 1. The highest BCUT2D eigenvalue weighted by atomic mass is 19.4. The van der Waals surface area contributed by atoms with Crippen molar-refractivity contribution in [2.24, 2.45) is 0 Å². The first-order chi connectivity index (χ1) is 19.5. The standard InChI is InChI=1S/C26H30F3NO12/c1-12(31)38-11-19-20(39-13(2)32)21(40-14(3)33)22(41-15(4)34)23(42-19)30-9-8-16-10-17(6-7-18(16)30)25(36,24(35)37-5)26(27,28)29/h6-7,10,19-23,36H,8-9,11H2,1-5H3/t19-,20+,21-,22-,23-,25-/m1/s1. The average Bonchev–Trinajstić information content (AvgIpc) is 3.30. The first-order valence-corrected chi connectivity index (χ1v) is 12.6. The number of alkyl halides is 3. The molecule has 6 atom stereocenters. The number of methoxy groups -OCH3 is 1. The van der Waals surface area contributed by atoms with E-state index < -0.39 is 84.4 Å². The summed E-state index contributed by atoms with van der Waals surface area (Å²) in [4.78, 5) is 61.2. The zero-order chi connectivity index (χ0) is 31.6. The molecule has 16 heteroatoms. The molecule has 1 fully saturated rings. The highest BCUT2D eigenvalue weighted by Crippen LogP contribution is 2.43. The van der Waals surface area contributed by atoms with Crippen LogP contribution < -0.4 is 4.90 Å². The van der Waals surface area contributed by atoms with E-state index in [2.05, 4.69) is 4.74 Å². The molecule has 0 spiro atoms. The Bertz CT molecular complexity index is 1240. The van der Waals surface area contributed by atoms with Crippen molar-refractivity contribution in [1.82, 2.24) is 0 Å². The van der Waals surface area contributed by atoms with Gasteiger partial charge in [-0.1, -0.05) is 6.07 Å². The number of nitrogens with zero attached hydrogens (tertiary/aromatic N) is 1. The fraction of sp³-hybridized carbons (Fsp3) is 0.577. The fourth-order valence-electron chi connectivity index (χ4n) is 4.92. The van der Waals surface area contributed by atoms with Crippen LogP contribution >= 0.6 is 0 Å². The Kier molecular flexibility index (Phi) is 9.72. The normalized spacial score (nSPS) is 25.0. The number of rotatable bonds is 8. The van der Waals surface area contributed by atoms with Crippen LogP contribution in [0.4, 0.5) is 18.9 Å². The zero-order valence-corrected chi connectivity index (χ0v) is 23.3. The molecule has 1 saturated heterocycles. The van der Waals surface area contributed by atoms with E-state index in [0.29, 0.717) is 7.11 Å². The molecule has 0 unspecified atom stereocenters. The summed E-state index contributed by atoms with van der Waals surface area (Å²) in [6.07, 6.45) is -12.1. The SMILES string of the molecule is COC(=O)[C@](O)(c1ccc2c(c1)CCN2[C@@H]1O[C@H](COC(C)=O)[C@H](OC(C)=O)[C@@H](OC(C)=O)[C@H]1OC(C)=O)C(F)(F)F. The number of carbonyl (C=O) groups is 5. The molecule has 1 N–H and O–H groups in total. The van der Waals surface area contributed by atoms with E-state index in [1.807, 2.05) is 0 Å². The Balaban J connectivity index is 2.10. The van der Waals surface area contributed by atoms with Crippen LogP contribution in [0.5, 0.6) is 0 Å². The molecule has 232 valence electrons. The third-order valence-corrected chi connectivity index (χ3v) is 6.59. The number of esters is 5. The van der Waals surface area contributed by atoms with E-state index in [0.717, 1.165) is 39.8 Å². The van der Waals surface area contributed by atoms with Crippen LogP contribution in [0.1, 0.15) is 38.8 Å². The van der Waals surface area contributed by atoms with Gasteiger partial charge in [-0.25, -0.2) is 4.79 Å². The van der Waals surface area contributed by atoms with Crippen LogP contribution in [-0.2, 0) is 64.4 Å². The van der Waals surface area contributed by atoms with Crippen molar-refractivity contribution in [3.8, 4) is 0 Å². The van der Waals surface area contributed by atoms with E-state index in [9.17, 15) is 42.3 Å². The van der Waals surface area contributed by atoms with Gasteiger partial charge in [0.05, 0.1) is 7.11 Å². The van der Waals surface area contributed by atoms with Gasteiger partial charge in [0.25, 0.3) is 5.60 Å². The van der Waals surface area contributed by atoms with Crippen LogP contribution in [0.2, 0.25) is 0 Å². The lowest BCUT2D eigenvalue weighted by molar-refractivity contribution is -0.266. The number of benzene rings is 1. The van der Waals surface area contributed by atoms with Gasteiger partial charge < -0.3 is 38.4 Å². The molecule has 0 saturated carbocycles. The van der Waals surface area contributed by atoms with Crippen molar-refractivity contribution in [2.75, 3.05) is 25.2 Å². The predicted molar refractivity (Wildman–Crippen MR) is 131 cm³/mol. The van der Waals surface area contributed by atoms with Gasteiger partial charge in [-0.15, -0.1) is 0 Å². The highest BCUT2D eigenvalue weighted by molar-refractivity contribution is 5.82. The summed E-state index contributed by atoms with van der Waals surface area (Å²) >= 11 is 0. The lowest BCUT2D eigenvalue weighted by Gasteiger charge is -2.47. The van der Waals surface area contributed by atoms with Gasteiger partial charge in [0, 0.05) is 45.5 Å². The molecule has 0 aromatic heterocycles. The highest BCUT2D eigenvalue weighted by Gasteiger charge is 2.62. The van der Waals surface area contributed by atoms with Crippen molar-refractivity contribution >= 4 is 35.5 Å². The van der Waals surface area contributed by atoms with Crippen LogP contribution in [0, 0.1) is 0 Å². The molecule has 0 aliphatic carbocycles. The molecule has 2 aliphatic heterocycles. The van der Waals surface area contributed by atoms with Gasteiger partial charge in [0.15, 0.2) is 24.5 Å². The minimum absolute atomic E-state index is 0.0647. The van der Waals surface area contributed by atoms with Gasteiger partial charge in [-0.2, -0.15) is 13.2 Å². The molecule has 0 bridgehead atoms. The Labute approximate surface area is 237 Å². The van der Waals surface area contributed by atoms with Crippen LogP contribution in [0.25, 0.3) is 0 Å². The van der Waals surface area contributed by atoms with Crippen molar-refractivity contribution in [3.05, 3.63) is 29.3 Å². The molecule has 2 heterocycles. The largest absolute Gasteiger partial charge is 0.466 e. The summed E-state index contributed by atoms with van der Waals surface area (Å²) < 4.78 is 73.1. The predicted octanol–water partition coefficient (Wildman–Crippen LogP) is 1.06. The monoisotopic (exact) mass is 605 g/mol. The number of anilines is 1.